The van der Waals surface area contributed by atoms with Gasteiger partial charge in [-0.05, 0) is 67.8 Å². The quantitative estimate of drug-likeness (QED) is 0.284. The van der Waals surface area contributed by atoms with Crippen LogP contribution in [0.1, 0.15) is 32.9 Å². The van der Waals surface area contributed by atoms with Crippen LogP contribution >= 0.6 is 0 Å². The van der Waals surface area contributed by atoms with Crippen LogP contribution in [0.4, 0.5) is 4.39 Å². The number of nitrogens with zero attached hydrogens (tertiary/aromatic N) is 1. The van der Waals surface area contributed by atoms with E-state index >= 15 is 0 Å². The third-order valence-electron chi connectivity index (χ3n) is 5.57. The number of benzene rings is 2. The molecular weight excluding hydrogens is 425 g/mol. The molecule has 0 amide bonds. The van der Waals surface area contributed by atoms with Gasteiger partial charge in [0.25, 0.3) is 0 Å². The Bertz CT molecular complexity index is 1210. The lowest BCUT2D eigenvalue weighted by Gasteiger charge is -2.10. The number of esters is 1. The van der Waals surface area contributed by atoms with Crippen LogP contribution in [-0.4, -0.2) is 29.7 Å². The molecule has 2 aromatic carbocycles. The molecule has 0 atom stereocenters. The molecule has 1 aliphatic heterocycles. The summed E-state index contributed by atoms with van der Waals surface area (Å²) in [6.45, 7) is 4.29. The number of aryl methyl sites for hydroxylation is 2. The molecular formula is C26H24FNO5. The highest BCUT2D eigenvalue weighted by atomic mass is 19.1. The molecule has 7 heteroatoms. The zero-order chi connectivity index (χ0) is 23.4. The molecule has 170 valence electrons. The van der Waals surface area contributed by atoms with E-state index in [4.69, 9.17) is 14.2 Å². The van der Waals surface area contributed by atoms with Crippen molar-refractivity contribution in [2.24, 2.45) is 0 Å². The Labute approximate surface area is 191 Å². The highest BCUT2D eigenvalue weighted by Gasteiger charge is 2.17. The van der Waals surface area contributed by atoms with Gasteiger partial charge in [-0.2, -0.15) is 0 Å². The molecule has 1 aromatic heterocycles. The monoisotopic (exact) mass is 449 g/mol. The Morgan fingerprint density at radius 1 is 1.06 bits per heavy atom. The molecule has 33 heavy (non-hydrogen) atoms. The van der Waals surface area contributed by atoms with Gasteiger partial charge in [-0.3, -0.25) is 4.79 Å². The van der Waals surface area contributed by atoms with Crippen LogP contribution in [0.3, 0.4) is 0 Å². The van der Waals surface area contributed by atoms with Crippen molar-refractivity contribution in [3.63, 3.8) is 0 Å². The van der Waals surface area contributed by atoms with Crippen molar-refractivity contribution in [3.05, 3.63) is 88.5 Å². The minimum absolute atomic E-state index is 0.180. The molecule has 1 aliphatic rings. The number of carbonyl (C=O) groups excluding carboxylic acids is 2. The van der Waals surface area contributed by atoms with Crippen LogP contribution in [0.15, 0.2) is 54.6 Å². The second kappa shape index (κ2) is 9.73. The zero-order valence-electron chi connectivity index (χ0n) is 18.5. The Morgan fingerprint density at radius 3 is 2.61 bits per heavy atom. The number of rotatable bonds is 8. The van der Waals surface area contributed by atoms with Gasteiger partial charge in [0.15, 0.2) is 18.1 Å². The third-order valence-corrected chi connectivity index (χ3v) is 5.57. The first-order valence-electron chi connectivity index (χ1n) is 10.6. The molecule has 0 unspecified atom stereocenters. The fraction of sp³-hybridized carbons (Fsp3) is 0.231. The number of hydrogen-bond donors (Lipinski definition) is 0. The average molecular weight is 449 g/mol. The minimum Gasteiger partial charge on any atom is -0.454 e. The molecule has 0 bridgehead atoms. The fourth-order valence-electron chi connectivity index (χ4n) is 3.76. The van der Waals surface area contributed by atoms with Crippen molar-refractivity contribution in [3.8, 4) is 11.5 Å². The summed E-state index contributed by atoms with van der Waals surface area (Å²) in [5.41, 5.74) is 4.05. The summed E-state index contributed by atoms with van der Waals surface area (Å²) >= 11 is 0. The van der Waals surface area contributed by atoms with Gasteiger partial charge in [0.1, 0.15) is 5.82 Å². The number of ether oxygens (including phenoxy) is 3. The lowest BCUT2D eigenvalue weighted by atomic mass is 10.1. The predicted molar refractivity (Wildman–Crippen MR) is 121 cm³/mol. The number of carbonyl (C=O) groups is 2. The standard InChI is InChI=1S/C26H24FNO5/c1-17-13-22(18(2)28(17)12-11-19-3-7-21(27)8-4-19)23(29)15-31-26(30)10-6-20-5-9-24-25(14-20)33-16-32-24/h3-10,13-14H,11-12,15-16H2,1-2H3. The summed E-state index contributed by atoms with van der Waals surface area (Å²) in [6.07, 6.45) is 3.58. The van der Waals surface area contributed by atoms with E-state index in [9.17, 15) is 14.0 Å². The number of halogens is 1. The van der Waals surface area contributed by atoms with E-state index < -0.39 is 5.97 Å². The lowest BCUT2D eigenvalue weighted by molar-refractivity contribution is -0.136. The maximum absolute atomic E-state index is 13.1. The second-order valence-corrected chi connectivity index (χ2v) is 7.79. The summed E-state index contributed by atoms with van der Waals surface area (Å²) in [6, 6.07) is 13.5. The number of hydrogen-bond acceptors (Lipinski definition) is 5. The van der Waals surface area contributed by atoms with E-state index in [0.29, 0.717) is 30.0 Å². The fourth-order valence-corrected chi connectivity index (χ4v) is 3.76. The van der Waals surface area contributed by atoms with Gasteiger partial charge in [0.05, 0.1) is 0 Å². The van der Waals surface area contributed by atoms with E-state index in [1.807, 2.05) is 18.4 Å². The molecule has 0 aliphatic carbocycles. The van der Waals surface area contributed by atoms with Crippen molar-refractivity contribution in [2.45, 2.75) is 26.8 Å². The zero-order valence-corrected chi connectivity index (χ0v) is 18.5. The van der Waals surface area contributed by atoms with Gasteiger partial charge in [0, 0.05) is 29.6 Å². The number of Topliss-reactive ketones (excluding diaryl/α,β-unsaturated/α-hetero) is 1. The SMILES string of the molecule is Cc1cc(C(=O)COC(=O)C=Cc2ccc3c(c2)OCO3)c(C)n1CCc1ccc(F)cc1. The molecule has 2 heterocycles. The minimum atomic E-state index is -0.605. The van der Waals surface area contributed by atoms with Crippen molar-refractivity contribution in [1.82, 2.24) is 4.57 Å². The number of fused-ring (bicyclic) bond motifs is 1. The number of aromatic nitrogens is 1. The Hall–Kier alpha value is -3.87. The molecule has 0 fully saturated rings. The van der Waals surface area contributed by atoms with Gasteiger partial charge < -0.3 is 18.8 Å². The normalized spacial score (nSPS) is 12.3. The van der Waals surface area contributed by atoms with Gasteiger partial charge in [0.2, 0.25) is 12.6 Å². The molecule has 4 rings (SSSR count). The summed E-state index contributed by atoms with van der Waals surface area (Å²) in [5, 5.41) is 0. The molecule has 0 radical (unpaired) electrons. The van der Waals surface area contributed by atoms with Crippen molar-refractivity contribution in [1.29, 1.82) is 0 Å². The highest BCUT2D eigenvalue weighted by molar-refractivity contribution is 6.00. The molecule has 0 saturated carbocycles. The summed E-state index contributed by atoms with van der Waals surface area (Å²) < 4.78 is 30.8. The van der Waals surface area contributed by atoms with Crippen LogP contribution in [0, 0.1) is 19.7 Å². The van der Waals surface area contributed by atoms with E-state index in [-0.39, 0.29) is 25.0 Å². The van der Waals surface area contributed by atoms with E-state index in [1.54, 1.807) is 42.5 Å². The van der Waals surface area contributed by atoms with Crippen molar-refractivity contribution >= 4 is 17.8 Å². The van der Waals surface area contributed by atoms with Crippen LogP contribution in [-0.2, 0) is 22.5 Å². The smallest absolute Gasteiger partial charge is 0.331 e. The highest BCUT2D eigenvalue weighted by Crippen LogP contribution is 2.32. The summed E-state index contributed by atoms with van der Waals surface area (Å²) in [5.74, 6) is 0.151. The average Bonchev–Trinajstić information content (AvgIpc) is 3.39. The first kappa shape index (κ1) is 22.3. The second-order valence-electron chi connectivity index (χ2n) is 7.79. The topological polar surface area (TPSA) is 66.8 Å². The van der Waals surface area contributed by atoms with Gasteiger partial charge in [-0.1, -0.05) is 18.2 Å². The van der Waals surface area contributed by atoms with Crippen LogP contribution in [0.25, 0.3) is 6.08 Å². The maximum Gasteiger partial charge on any atom is 0.331 e. The lowest BCUT2D eigenvalue weighted by Crippen LogP contribution is -2.14. The maximum atomic E-state index is 13.1. The summed E-state index contributed by atoms with van der Waals surface area (Å²) in [7, 11) is 0. The van der Waals surface area contributed by atoms with Crippen molar-refractivity contribution in [2.75, 3.05) is 13.4 Å². The van der Waals surface area contributed by atoms with Gasteiger partial charge in [-0.15, -0.1) is 0 Å². The van der Waals surface area contributed by atoms with Crippen LogP contribution in [0.2, 0.25) is 0 Å². The number of ketones is 1. The molecule has 0 saturated heterocycles. The van der Waals surface area contributed by atoms with E-state index in [2.05, 4.69) is 0 Å². The first-order chi connectivity index (χ1) is 15.9. The molecule has 3 aromatic rings. The summed E-state index contributed by atoms with van der Waals surface area (Å²) in [4.78, 5) is 24.7. The molecule has 0 spiro atoms. The first-order valence-corrected chi connectivity index (χ1v) is 10.6. The van der Waals surface area contributed by atoms with Gasteiger partial charge in [-0.25, -0.2) is 9.18 Å². The Morgan fingerprint density at radius 2 is 1.82 bits per heavy atom. The molecule has 0 N–H and O–H groups in total. The van der Waals surface area contributed by atoms with E-state index in [1.165, 1.54) is 18.2 Å². The largest absolute Gasteiger partial charge is 0.454 e. The third kappa shape index (κ3) is 5.31. The van der Waals surface area contributed by atoms with Crippen molar-refractivity contribution < 1.29 is 28.2 Å². The molecule has 6 nitrogen and oxygen atoms in total. The van der Waals surface area contributed by atoms with Crippen LogP contribution < -0.4 is 9.47 Å². The Balaban J connectivity index is 1.33. The predicted octanol–water partition coefficient (Wildman–Crippen LogP) is 4.65. The van der Waals surface area contributed by atoms with E-state index in [0.717, 1.165) is 22.5 Å². The van der Waals surface area contributed by atoms with Crippen LogP contribution in [0.5, 0.6) is 11.5 Å². The Kier molecular flexibility index (Phi) is 6.58. The van der Waals surface area contributed by atoms with Gasteiger partial charge >= 0.3 is 5.97 Å².